The molecule has 0 aliphatic heterocycles. The predicted octanol–water partition coefficient (Wildman–Crippen LogP) is 1.86. The molecule has 1 atom stereocenters. The summed E-state index contributed by atoms with van der Waals surface area (Å²) in [6.07, 6.45) is 1.21. The number of methoxy groups -OCH3 is 1. The number of carbonyl (C=O) groups excluding carboxylic acids is 1. The van der Waals surface area contributed by atoms with Gasteiger partial charge in [0.1, 0.15) is 11.6 Å². The molecule has 0 aliphatic carbocycles. The van der Waals surface area contributed by atoms with Gasteiger partial charge in [-0.3, -0.25) is 0 Å². The molecule has 6 heteroatoms. The molecule has 1 rings (SSSR count). The summed E-state index contributed by atoms with van der Waals surface area (Å²) < 4.78 is 23.0. The van der Waals surface area contributed by atoms with E-state index < -0.39 is 23.9 Å². The van der Waals surface area contributed by atoms with E-state index in [9.17, 15) is 14.0 Å². The second kappa shape index (κ2) is 6.53. The zero-order valence-corrected chi connectivity index (χ0v) is 10.4. The summed E-state index contributed by atoms with van der Waals surface area (Å²) >= 11 is 0. The van der Waals surface area contributed by atoms with Crippen LogP contribution in [0.1, 0.15) is 12.5 Å². The number of carbonyl (C=O) groups is 2. The van der Waals surface area contributed by atoms with Crippen molar-refractivity contribution in [3.05, 3.63) is 35.7 Å². The van der Waals surface area contributed by atoms with Crippen LogP contribution in [0.4, 0.5) is 4.39 Å². The van der Waals surface area contributed by atoms with Gasteiger partial charge in [0.05, 0.1) is 7.11 Å². The van der Waals surface area contributed by atoms with Crippen molar-refractivity contribution >= 4 is 18.0 Å². The van der Waals surface area contributed by atoms with Crippen LogP contribution in [0.3, 0.4) is 0 Å². The lowest BCUT2D eigenvalue weighted by Gasteiger charge is -2.12. The average molecular weight is 268 g/mol. The van der Waals surface area contributed by atoms with Crippen molar-refractivity contribution in [1.82, 2.24) is 0 Å². The fourth-order valence-electron chi connectivity index (χ4n) is 1.33. The van der Waals surface area contributed by atoms with Crippen LogP contribution in [-0.2, 0) is 14.3 Å². The van der Waals surface area contributed by atoms with Gasteiger partial charge in [-0.05, 0) is 30.7 Å². The van der Waals surface area contributed by atoms with Crippen LogP contribution in [-0.4, -0.2) is 30.3 Å². The summed E-state index contributed by atoms with van der Waals surface area (Å²) in [4.78, 5) is 21.5. The number of halogens is 1. The predicted molar refractivity (Wildman–Crippen MR) is 65.2 cm³/mol. The highest BCUT2D eigenvalue weighted by Crippen LogP contribution is 2.19. The van der Waals surface area contributed by atoms with Gasteiger partial charge in [-0.15, -0.1) is 0 Å². The molecular weight excluding hydrogens is 255 g/mol. The quantitative estimate of drug-likeness (QED) is 0.652. The molecule has 0 saturated carbocycles. The molecule has 0 aliphatic rings. The fourth-order valence-corrected chi connectivity index (χ4v) is 1.33. The second-order valence-corrected chi connectivity index (χ2v) is 3.68. The number of rotatable bonds is 5. The number of aliphatic carboxylic acids is 1. The Morgan fingerprint density at radius 3 is 2.63 bits per heavy atom. The van der Waals surface area contributed by atoms with Crippen molar-refractivity contribution < 1.29 is 28.6 Å². The first-order chi connectivity index (χ1) is 8.92. The first-order valence-electron chi connectivity index (χ1n) is 5.38. The molecule has 1 N–H and O–H groups in total. The lowest BCUT2D eigenvalue weighted by atomic mass is 10.2. The van der Waals surface area contributed by atoms with Crippen LogP contribution in [0.2, 0.25) is 0 Å². The molecule has 0 heterocycles. The van der Waals surface area contributed by atoms with Gasteiger partial charge in [0.25, 0.3) is 0 Å². The van der Waals surface area contributed by atoms with E-state index in [4.69, 9.17) is 9.84 Å². The summed E-state index contributed by atoms with van der Waals surface area (Å²) in [7, 11) is 1.22. The van der Waals surface area contributed by atoms with Crippen LogP contribution in [0.15, 0.2) is 24.3 Å². The third-order valence-electron chi connectivity index (χ3n) is 2.16. The van der Waals surface area contributed by atoms with Crippen molar-refractivity contribution in [3.63, 3.8) is 0 Å². The third-order valence-corrected chi connectivity index (χ3v) is 2.16. The van der Waals surface area contributed by atoms with Crippen molar-refractivity contribution in [1.29, 1.82) is 0 Å². The number of carboxylic acid groups (broad SMARTS) is 1. The number of benzene rings is 1. The van der Waals surface area contributed by atoms with Gasteiger partial charge >= 0.3 is 11.9 Å². The van der Waals surface area contributed by atoms with Gasteiger partial charge in [0.2, 0.25) is 0 Å². The monoisotopic (exact) mass is 268 g/mol. The van der Waals surface area contributed by atoms with E-state index in [1.807, 2.05) is 0 Å². The third kappa shape index (κ3) is 4.79. The van der Waals surface area contributed by atoms with Crippen molar-refractivity contribution in [3.8, 4) is 5.75 Å². The van der Waals surface area contributed by atoms with E-state index in [2.05, 4.69) is 4.74 Å². The molecule has 0 radical (unpaired) electrons. The Hall–Kier alpha value is -2.37. The second-order valence-electron chi connectivity index (χ2n) is 3.68. The van der Waals surface area contributed by atoms with Gasteiger partial charge in [-0.25, -0.2) is 14.0 Å². The number of esters is 1. The maximum absolute atomic E-state index is 13.3. The molecule has 102 valence electrons. The number of carboxylic acids is 1. The Bertz CT molecular complexity index is 510. The minimum absolute atomic E-state index is 0.114. The van der Waals surface area contributed by atoms with E-state index in [-0.39, 0.29) is 5.75 Å². The van der Waals surface area contributed by atoms with Gasteiger partial charge in [0, 0.05) is 12.1 Å². The lowest BCUT2D eigenvalue weighted by molar-refractivity contribution is -0.147. The molecule has 0 amide bonds. The van der Waals surface area contributed by atoms with E-state index in [0.29, 0.717) is 5.56 Å². The van der Waals surface area contributed by atoms with Crippen LogP contribution < -0.4 is 4.74 Å². The molecular formula is C13H13FO5. The van der Waals surface area contributed by atoms with Gasteiger partial charge < -0.3 is 14.6 Å². The molecule has 1 aromatic rings. The Kier molecular flexibility index (Phi) is 5.05. The van der Waals surface area contributed by atoms with Crippen LogP contribution in [0, 0.1) is 5.82 Å². The van der Waals surface area contributed by atoms with E-state index in [0.717, 1.165) is 18.2 Å². The number of ether oxygens (including phenoxy) is 2. The van der Waals surface area contributed by atoms with Gasteiger partial charge in [-0.1, -0.05) is 0 Å². The zero-order chi connectivity index (χ0) is 14.4. The Balaban J connectivity index is 2.90. The maximum Gasteiger partial charge on any atom is 0.346 e. The normalized spacial score (nSPS) is 12.2. The van der Waals surface area contributed by atoms with Crippen LogP contribution in [0.25, 0.3) is 6.08 Å². The van der Waals surface area contributed by atoms with Crippen LogP contribution >= 0.6 is 0 Å². The summed E-state index contributed by atoms with van der Waals surface area (Å²) in [5.74, 6) is -2.22. The zero-order valence-electron chi connectivity index (χ0n) is 10.4. The minimum Gasteiger partial charge on any atom is -0.479 e. The van der Waals surface area contributed by atoms with E-state index >= 15 is 0 Å². The Morgan fingerprint density at radius 1 is 1.37 bits per heavy atom. The van der Waals surface area contributed by atoms with Crippen LogP contribution in [0.5, 0.6) is 5.75 Å². The average Bonchev–Trinajstić information content (AvgIpc) is 2.34. The number of hydrogen-bond donors (Lipinski definition) is 1. The molecule has 1 aromatic carbocycles. The summed E-state index contributed by atoms with van der Waals surface area (Å²) in [6.45, 7) is 1.46. The molecule has 0 fully saturated rings. The fraction of sp³-hybridized carbons (Fsp3) is 0.231. The van der Waals surface area contributed by atoms with Crippen molar-refractivity contribution in [2.75, 3.05) is 7.11 Å². The van der Waals surface area contributed by atoms with Crippen molar-refractivity contribution in [2.45, 2.75) is 13.0 Å². The Labute approximate surface area is 109 Å². The highest BCUT2D eigenvalue weighted by atomic mass is 19.1. The van der Waals surface area contributed by atoms with Crippen molar-refractivity contribution in [2.24, 2.45) is 0 Å². The summed E-state index contributed by atoms with van der Waals surface area (Å²) in [6, 6.07) is 3.66. The summed E-state index contributed by atoms with van der Waals surface area (Å²) in [5.41, 5.74) is 0.314. The molecule has 0 aromatic heterocycles. The molecule has 0 spiro atoms. The lowest BCUT2D eigenvalue weighted by Crippen LogP contribution is -2.24. The first-order valence-corrected chi connectivity index (χ1v) is 5.38. The van der Waals surface area contributed by atoms with Gasteiger partial charge in [-0.2, -0.15) is 0 Å². The highest BCUT2D eigenvalue weighted by molar-refractivity contribution is 5.85. The topological polar surface area (TPSA) is 72.8 Å². The first kappa shape index (κ1) is 14.7. The SMILES string of the molecule is COC(=O)C(C)Oc1cc(F)cc(/C=C/C(=O)O)c1. The molecule has 19 heavy (non-hydrogen) atoms. The molecule has 5 nitrogen and oxygen atoms in total. The standard InChI is InChI=1S/C13H13FO5/c1-8(13(17)18-2)19-11-6-9(3-4-12(15)16)5-10(14)7-11/h3-8H,1-2H3,(H,15,16)/b4-3+. The maximum atomic E-state index is 13.3. The summed E-state index contributed by atoms with van der Waals surface area (Å²) in [5, 5.41) is 8.49. The Morgan fingerprint density at radius 2 is 2.05 bits per heavy atom. The number of hydrogen-bond acceptors (Lipinski definition) is 4. The molecule has 0 bridgehead atoms. The minimum atomic E-state index is -1.14. The van der Waals surface area contributed by atoms with Gasteiger partial charge in [0.15, 0.2) is 6.10 Å². The largest absolute Gasteiger partial charge is 0.479 e. The van der Waals surface area contributed by atoms with E-state index in [1.165, 1.54) is 26.2 Å². The molecule has 0 saturated heterocycles. The van der Waals surface area contributed by atoms with E-state index in [1.54, 1.807) is 0 Å². The smallest absolute Gasteiger partial charge is 0.346 e. The highest BCUT2D eigenvalue weighted by Gasteiger charge is 2.15. The molecule has 1 unspecified atom stereocenters.